The highest BCUT2D eigenvalue weighted by atomic mass is 32.1. The number of hydrogen-bond donors (Lipinski definition) is 0. The highest BCUT2D eigenvalue weighted by Crippen LogP contribution is 2.29. The lowest BCUT2D eigenvalue weighted by Gasteiger charge is -2.36. The number of hydrogen-bond acceptors (Lipinski definition) is 8. The van der Waals surface area contributed by atoms with Crippen LogP contribution in [0, 0.1) is 6.92 Å². The normalized spacial score (nSPS) is 14.9. The zero-order chi connectivity index (χ0) is 18.2. The van der Waals surface area contributed by atoms with Gasteiger partial charge < -0.3 is 9.80 Å². The van der Waals surface area contributed by atoms with E-state index in [-0.39, 0.29) is 0 Å². The molecule has 1 aliphatic heterocycles. The van der Waals surface area contributed by atoms with Crippen LogP contribution in [0.1, 0.15) is 5.82 Å². The van der Waals surface area contributed by atoms with E-state index in [1.807, 2.05) is 31.3 Å². The molecule has 0 atom stereocenters. The molecule has 136 valence electrons. The van der Waals surface area contributed by atoms with Crippen LogP contribution in [0.4, 0.5) is 11.6 Å². The van der Waals surface area contributed by atoms with Crippen molar-refractivity contribution >= 4 is 33.2 Å². The molecular formula is C18H18N8S. The molecule has 0 aliphatic carbocycles. The molecule has 0 N–H and O–H groups in total. The zero-order valence-electron chi connectivity index (χ0n) is 14.9. The summed E-state index contributed by atoms with van der Waals surface area (Å²) in [7, 11) is 0. The van der Waals surface area contributed by atoms with Gasteiger partial charge in [-0.25, -0.2) is 24.6 Å². The number of piperazine rings is 1. The first kappa shape index (κ1) is 16.1. The van der Waals surface area contributed by atoms with Crippen molar-refractivity contribution in [3.8, 4) is 5.82 Å². The first-order chi connectivity index (χ1) is 13.3. The summed E-state index contributed by atoms with van der Waals surface area (Å²) in [6.07, 6.45) is 5.30. The number of anilines is 2. The second-order valence-electron chi connectivity index (χ2n) is 6.39. The van der Waals surface area contributed by atoms with Crippen LogP contribution in [0.25, 0.3) is 16.0 Å². The molecule has 1 aliphatic rings. The van der Waals surface area contributed by atoms with Crippen molar-refractivity contribution in [3.05, 3.63) is 48.1 Å². The molecule has 0 spiro atoms. The number of fused-ring (bicyclic) bond motifs is 1. The summed E-state index contributed by atoms with van der Waals surface area (Å²) in [6, 6.07) is 5.93. The van der Waals surface area contributed by atoms with E-state index in [0.717, 1.165) is 59.7 Å². The van der Waals surface area contributed by atoms with Crippen molar-refractivity contribution in [3.63, 3.8) is 0 Å². The third-order valence-corrected chi connectivity index (χ3v) is 5.58. The number of aromatic nitrogens is 6. The molecule has 1 fully saturated rings. The lowest BCUT2D eigenvalue weighted by molar-refractivity contribution is 0.640. The average molecular weight is 378 g/mol. The quantitative estimate of drug-likeness (QED) is 0.541. The van der Waals surface area contributed by atoms with Crippen molar-refractivity contribution in [2.45, 2.75) is 6.92 Å². The van der Waals surface area contributed by atoms with Gasteiger partial charge in [-0.1, -0.05) is 0 Å². The van der Waals surface area contributed by atoms with E-state index < -0.39 is 0 Å². The van der Waals surface area contributed by atoms with Crippen LogP contribution in [-0.2, 0) is 0 Å². The molecule has 27 heavy (non-hydrogen) atoms. The fourth-order valence-electron chi connectivity index (χ4n) is 3.37. The highest BCUT2D eigenvalue weighted by molar-refractivity contribution is 7.17. The Morgan fingerprint density at radius 3 is 2.63 bits per heavy atom. The first-order valence-electron chi connectivity index (χ1n) is 8.82. The van der Waals surface area contributed by atoms with Gasteiger partial charge in [0.1, 0.15) is 23.8 Å². The van der Waals surface area contributed by atoms with Crippen LogP contribution in [0.2, 0.25) is 0 Å². The molecule has 9 heteroatoms. The fraction of sp³-hybridized carbons (Fsp3) is 0.278. The lowest BCUT2D eigenvalue weighted by atomic mass is 10.3. The van der Waals surface area contributed by atoms with Gasteiger partial charge in [-0.2, -0.15) is 5.10 Å². The topological polar surface area (TPSA) is 75.9 Å². The minimum Gasteiger partial charge on any atom is -0.353 e. The molecule has 0 aromatic carbocycles. The van der Waals surface area contributed by atoms with Gasteiger partial charge in [-0.3, -0.25) is 0 Å². The summed E-state index contributed by atoms with van der Waals surface area (Å²) < 4.78 is 2.92. The number of thiophene rings is 1. The van der Waals surface area contributed by atoms with Gasteiger partial charge in [0.05, 0.1) is 10.2 Å². The maximum absolute atomic E-state index is 4.64. The Hall–Kier alpha value is -3.07. The van der Waals surface area contributed by atoms with E-state index in [9.17, 15) is 0 Å². The van der Waals surface area contributed by atoms with E-state index in [2.05, 4.69) is 40.2 Å². The monoisotopic (exact) mass is 378 g/mol. The molecular weight excluding hydrogens is 360 g/mol. The van der Waals surface area contributed by atoms with E-state index in [4.69, 9.17) is 0 Å². The van der Waals surface area contributed by atoms with Gasteiger partial charge in [0, 0.05) is 44.6 Å². The van der Waals surface area contributed by atoms with Gasteiger partial charge in [-0.05, 0) is 24.4 Å². The summed E-state index contributed by atoms with van der Waals surface area (Å²) in [6.45, 7) is 5.47. The molecule has 4 aromatic rings. The molecule has 5 rings (SSSR count). The predicted octanol–water partition coefficient (Wildman–Crippen LogP) is 2.30. The third-order valence-electron chi connectivity index (χ3n) is 4.68. The average Bonchev–Trinajstić information content (AvgIpc) is 3.39. The Bertz CT molecular complexity index is 1070. The molecule has 0 amide bonds. The second-order valence-corrected chi connectivity index (χ2v) is 7.30. The van der Waals surface area contributed by atoms with Crippen LogP contribution in [0.15, 0.2) is 42.3 Å². The Morgan fingerprint density at radius 2 is 1.81 bits per heavy atom. The van der Waals surface area contributed by atoms with Crippen LogP contribution in [0.3, 0.4) is 0 Å². The van der Waals surface area contributed by atoms with E-state index >= 15 is 0 Å². The number of rotatable bonds is 3. The molecule has 5 heterocycles. The lowest BCUT2D eigenvalue weighted by Crippen LogP contribution is -2.47. The van der Waals surface area contributed by atoms with Crippen LogP contribution >= 0.6 is 11.3 Å². The van der Waals surface area contributed by atoms with Crippen LogP contribution < -0.4 is 9.80 Å². The molecule has 4 aromatic heterocycles. The van der Waals surface area contributed by atoms with Crippen LogP contribution in [-0.4, -0.2) is 55.9 Å². The maximum Gasteiger partial charge on any atom is 0.159 e. The molecule has 1 saturated heterocycles. The van der Waals surface area contributed by atoms with Crippen LogP contribution in [0.5, 0.6) is 0 Å². The summed E-state index contributed by atoms with van der Waals surface area (Å²) in [5, 5.41) is 6.35. The third kappa shape index (κ3) is 2.99. The highest BCUT2D eigenvalue weighted by Gasteiger charge is 2.22. The Balaban J connectivity index is 1.37. The summed E-state index contributed by atoms with van der Waals surface area (Å²) in [5.74, 6) is 3.51. The number of aryl methyl sites for hydroxylation is 1. The molecule has 8 nitrogen and oxygen atoms in total. The molecule has 0 radical (unpaired) electrons. The summed E-state index contributed by atoms with van der Waals surface area (Å²) >= 11 is 1.70. The van der Waals surface area contributed by atoms with E-state index in [0.29, 0.717) is 0 Å². The fourth-order valence-corrected chi connectivity index (χ4v) is 4.23. The summed E-state index contributed by atoms with van der Waals surface area (Å²) in [4.78, 5) is 22.6. The van der Waals surface area contributed by atoms with E-state index in [1.165, 1.54) is 0 Å². The molecule has 0 bridgehead atoms. The molecule has 0 saturated carbocycles. The van der Waals surface area contributed by atoms with Gasteiger partial charge >= 0.3 is 0 Å². The second kappa shape index (κ2) is 6.58. The van der Waals surface area contributed by atoms with Crippen molar-refractivity contribution in [1.29, 1.82) is 0 Å². The van der Waals surface area contributed by atoms with E-state index in [1.54, 1.807) is 28.5 Å². The maximum atomic E-state index is 4.64. The Morgan fingerprint density at radius 1 is 1.00 bits per heavy atom. The SMILES string of the molecule is Cc1nc(N2CCN(c3ncnc4ccsc34)CC2)cc(-n2cccn2)n1. The van der Waals surface area contributed by atoms with Gasteiger partial charge in [0.15, 0.2) is 5.82 Å². The minimum atomic E-state index is 0.747. The smallest absolute Gasteiger partial charge is 0.159 e. The van der Waals surface area contributed by atoms with Gasteiger partial charge in [0.2, 0.25) is 0 Å². The Labute approximate surface area is 160 Å². The summed E-state index contributed by atoms with van der Waals surface area (Å²) in [5.41, 5.74) is 1.02. The largest absolute Gasteiger partial charge is 0.353 e. The standard InChI is InChI=1S/C18H18N8S/c1-13-22-15(11-16(23-13)26-5-2-4-21-26)24-6-8-25(9-7-24)18-17-14(3-10-27-17)19-12-20-18/h2-5,10-12H,6-9H2,1H3. The van der Waals surface area contributed by atoms with Crippen molar-refractivity contribution in [1.82, 2.24) is 29.7 Å². The van der Waals surface area contributed by atoms with Gasteiger partial charge in [-0.15, -0.1) is 11.3 Å². The van der Waals surface area contributed by atoms with Crippen molar-refractivity contribution in [2.75, 3.05) is 36.0 Å². The predicted molar refractivity (Wildman–Crippen MR) is 106 cm³/mol. The van der Waals surface area contributed by atoms with Crippen molar-refractivity contribution < 1.29 is 0 Å². The van der Waals surface area contributed by atoms with Crippen molar-refractivity contribution in [2.24, 2.45) is 0 Å². The number of nitrogens with zero attached hydrogens (tertiary/aromatic N) is 8. The molecule has 0 unspecified atom stereocenters. The Kier molecular flexibility index (Phi) is 3.93. The first-order valence-corrected chi connectivity index (χ1v) is 9.70. The van der Waals surface area contributed by atoms with Gasteiger partial charge in [0.25, 0.3) is 0 Å². The minimum absolute atomic E-state index is 0.747. The zero-order valence-corrected chi connectivity index (χ0v) is 15.7.